The standard InChI is InChI=1S/C18H22N4/c1-14-9-15(2)22(20-14)13-18-7-4-8-21(18)12-17-6-3-5-16(10-17)11-19/h3,5-6,9-10,18H,4,7-8,12-13H2,1-2H3. The first-order valence-corrected chi connectivity index (χ1v) is 7.90. The Hall–Kier alpha value is -2.12. The number of hydrogen-bond acceptors (Lipinski definition) is 3. The summed E-state index contributed by atoms with van der Waals surface area (Å²) in [5.74, 6) is 0. The zero-order valence-corrected chi connectivity index (χ0v) is 13.3. The average Bonchev–Trinajstić information content (AvgIpc) is 3.06. The Kier molecular flexibility index (Phi) is 4.26. The van der Waals surface area contributed by atoms with Crippen molar-refractivity contribution in [2.45, 2.75) is 45.8 Å². The summed E-state index contributed by atoms with van der Waals surface area (Å²) in [7, 11) is 0. The molecule has 0 radical (unpaired) electrons. The van der Waals surface area contributed by atoms with Crippen molar-refractivity contribution in [3.8, 4) is 6.07 Å². The minimum Gasteiger partial charge on any atom is -0.294 e. The van der Waals surface area contributed by atoms with Crippen LogP contribution in [0.4, 0.5) is 0 Å². The highest BCUT2D eigenvalue weighted by Gasteiger charge is 2.25. The highest BCUT2D eigenvalue weighted by molar-refractivity contribution is 5.32. The molecule has 0 saturated carbocycles. The first kappa shape index (κ1) is 14.8. The normalized spacial score (nSPS) is 18.5. The molecule has 0 bridgehead atoms. The van der Waals surface area contributed by atoms with E-state index in [-0.39, 0.29) is 0 Å². The van der Waals surface area contributed by atoms with E-state index < -0.39 is 0 Å². The third-order valence-corrected chi connectivity index (χ3v) is 4.43. The quantitative estimate of drug-likeness (QED) is 0.870. The Labute approximate surface area is 132 Å². The van der Waals surface area contributed by atoms with Gasteiger partial charge in [0.15, 0.2) is 0 Å². The van der Waals surface area contributed by atoms with Gasteiger partial charge in [-0.05, 0) is 57.0 Å². The second-order valence-electron chi connectivity index (χ2n) is 6.19. The van der Waals surface area contributed by atoms with E-state index >= 15 is 0 Å². The fourth-order valence-corrected chi connectivity index (χ4v) is 3.34. The summed E-state index contributed by atoms with van der Waals surface area (Å²) >= 11 is 0. The van der Waals surface area contributed by atoms with Gasteiger partial charge >= 0.3 is 0 Å². The van der Waals surface area contributed by atoms with Crippen molar-refractivity contribution in [1.29, 1.82) is 5.26 Å². The Morgan fingerprint density at radius 1 is 1.32 bits per heavy atom. The molecule has 2 heterocycles. The SMILES string of the molecule is Cc1cc(C)n(CC2CCCN2Cc2cccc(C#N)c2)n1. The minimum atomic E-state index is 0.531. The summed E-state index contributed by atoms with van der Waals surface area (Å²) in [6, 6.07) is 12.8. The van der Waals surface area contributed by atoms with Crippen molar-refractivity contribution in [3.05, 3.63) is 52.8 Å². The van der Waals surface area contributed by atoms with Crippen molar-refractivity contribution in [3.63, 3.8) is 0 Å². The predicted octanol–water partition coefficient (Wildman–Crippen LogP) is 3.04. The predicted molar refractivity (Wildman–Crippen MR) is 86.3 cm³/mol. The van der Waals surface area contributed by atoms with Crippen LogP contribution in [0.5, 0.6) is 0 Å². The molecular formula is C18H22N4. The van der Waals surface area contributed by atoms with Crippen LogP contribution in [0.3, 0.4) is 0 Å². The number of likely N-dealkylation sites (tertiary alicyclic amines) is 1. The maximum Gasteiger partial charge on any atom is 0.0991 e. The smallest absolute Gasteiger partial charge is 0.0991 e. The molecule has 0 spiro atoms. The van der Waals surface area contributed by atoms with E-state index in [2.05, 4.69) is 39.8 Å². The van der Waals surface area contributed by atoms with Crippen LogP contribution in [0.25, 0.3) is 0 Å². The van der Waals surface area contributed by atoms with E-state index in [1.54, 1.807) is 0 Å². The molecule has 1 aliphatic heterocycles. The maximum atomic E-state index is 9.03. The van der Waals surface area contributed by atoms with Crippen LogP contribution in [-0.4, -0.2) is 27.3 Å². The molecule has 1 unspecified atom stereocenters. The molecule has 1 atom stereocenters. The molecule has 2 aromatic rings. The lowest BCUT2D eigenvalue weighted by Gasteiger charge is -2.25. The third kappa shape index (κ3) is 3.20. The van der Waals surface area contributed by atoms with Crippen molar-refractivity contribution >= 4 is 0 Å². The second-order valence-corrected chi connectivity index (χ2v) is 6.19. The Morgan fingerprint density at radius 2 is 2.18 bits per heavy atom. The number of benzene rings is 1. The van der Waals surface area contributed by atoms with Crippen molar-refractivity contribution < 1.29 is 0 Å². The number of nitriles is 1. The molecule has 1 fully saturated rings. The summed E-state index contributed by atoms with van der Waals surface area (Å²) in [6.07, 6.45) is 2.46. The van der Waals surface area contributed by atoms with Crippen LogP contribution in [0, 0.1) is 25.2 Å². The van der Waals surface area contributed by atoms with Gasteiger partial charge in [0, 0.05) is 18.3 Å². The second kappa shape index (κ2) is 6.33. The van der Waals surface area contributed by atoms with Crippen LogP contribution in [0.1, 0.15) is 35.4 Å². The van der Waals surface area contributed by atoms with Gasteiger partial charge in [0.25, 0.3) is 0 Å². The lowest BCUT2D eigenvalue weighted by Crippen LogP contribution is -2.33. The molecule has 114 valence electrons. The topological polar surface area (TPSA) is 44.9 Å². The highest BCUT2D eigenvalue weighted by atomic mass is 15.3. The first-order valence-electron chi connectivity index (χ1n) is 7.90. The monoisotopic (exact) mass is 294 g/mol. The lowest BCUT2D eigenvalue weighted by atomic mass is 10.1. The van der Waals surface area contributed by atoms with Crippen molar-refractivity contribution in [2.24, 2.45) is 0 Å². The van der Waals surface area contributed by atoms with Crippen LogP contribution < -0.4 is 0 Å². The summed E-state index contributed by atoms with van der Waals surface area (Å²) < 4.78 is 2.13. The fourth-order valence-electron chi connectivity index (χ4n) is 3.34. The van der Waals surface area contributed by atoms with Gasteiger partial charge in [-0.1, -0.05) is 12.1 Å². The molecule has 0 N–H and O–H groups in total. The van der Waals surface area contributed by atoms with E-state index in [9.17, 15) is 0 Å². The van der Waals surface area contributed by atoms with Gasteiger partial charge in [0.2, 0.25) is 0 Å². The van der Waals surface area contributed by atoms with Gasteiger partial charge in [-0.25, -0.2) is 0 Å². The Balaban J connectivity index is 1.70. The summed E-state index contributed by atoms with van der Waals surface area (Å²) in [5.41, 5.74) is 4.28. The van der Waals surface area contributed by atoms with Gasteiger partial charge in [-0.15, -0.1) is 0 Å². The Morgan fingerprint density at radius 3 is 2.91 bits per heavy atom. The van der Waals surface area contributed by atoms with E-state index in [1.807, 2.05) is 25.1 Å². The van der Waals surface area contributed by atoms with Crippen LogP contribution in [0.2, 0.25) is 0 Å². The molecule has 1 aromatic heterocycles. The molecule has 0 aliphatic carbocycles. The van der Waals surface area contributed by atoms with E-state index in [1.165, 1.54) is 24.1 Å². The maximum absolute atomic E-state index is 9.03. The van der Waals surface area contributed by atoms with Crippen LogP contribution in [0.15, 0.2) is 30.3 Å². The van der Waals surface area contributed by atoms with Crippen LogP contribution >= 0.6 is 0 Å². The highest BCUT2D eigenvalue weighted by Crippen LogP contribution is 2.22. The van der Waals surface area contributed by atoms with Gasteiger partial charge in [0.05, 0.1) is 23.9 Å². The number of nitrogens with zero attached hydrogens (tertiary/aromatic N) is 4. The molecule has 3 rings (SSSR count). The average molecular weight is 294 g/mol. The molecule has 0 amide bonds. The fraction of sp³-hybridized carbons (Fsp3) is 0.444. The van der Waals surface area contributed by atoms with Gasteiger partial charge in [0.1, 0.15) is 0 Å². The van der Waals surface area contributed by atoms with E-state index in [4.69, 9.17) is 5.26 Å². The largest absolute Gasteiger partial charge is 0.294 e. The molecule has 4 nitrogen and oxygen atoms in total. The zero-order chi connectivity index (χ0) is 15.5. The van der Waals surface area contributed by atoms with Crippen molar-refractivity contribution in [2.75, 3.05) is 6.54 Å². The third-order valence-electron chi connectivity index (χ3n) is 4.43. The summed E-state index contributed by atoms with van der Waals surface area (Å²) in [6.45, 7) is 7.16. The number of hydrogen-bond donors (Lipinski definition) is 0. The molecule has 1 aliphatic rings. The van der Waals surface area contributed by atoms with Crippen molar-refractivity contribution in [1.82, 2.24) is 14.7 Å². The van der Waals surface area contributed by atoms with Gasteiger partial charge in [-0.2, -0.15) is 10.4 Å². The van der Waals surface area contributed by atoms with E-state index in [0.717, 1.165) is 30.9 Å². The summed E-state index contributed by atoms with van der Waals surface area (Å²) in [5, 5.41) is 13.6. The van der Waals surface area contributed by atoms with Gasteiger partial charge in [-0.3, -0.25) is 9.58 Å². The molecule has 1 saturated heterocycles. The minimum absolute atomic E-state index is 0.531. The van der Waals surface area contributed by atoms with Gasteiger partial charge < -0.3 is 0 Å². The molecule has 22 heavy (non-hydrogen) atoms. The Bertz CT molecular complexity index is 695. The first-order chi connectivity index (χ1) is 10.7. The zero-order valence-electron chi connectivity index (χ0n) is 13.3. The lowest BCUT2D eigenvalue weighted by molar-refractivity contribution is 0.218. The molecule has 1 aromatic carbocycles. The number of aromatic nitrogens is 2. The number of rotatable bonds is 4. The molecule has 4 heteroatoms. The molecular weight excluding hydrogens is 272 g/mol. The summed E-state index contributed by atoms with van der Waals surface area (Å²) in [4.78, 5) is 2.52. The van der Waals surface area contributed by atoms with Crippen LogP contribution in [-0.2, 0) is 13.1 Å². The number of aryl methyl sites for hydroxylation is 2. The van der Waals surface area contributed by atoms with E-state index in [0.29, 0.717) is 6.04 Å².